The number of thioether (sulfide) groups is 2. The summed E-state index contributed by atoms with van der Waals surface area (Å²) in [5.41, 5.74) is -3.36. The fourth-order valence-electron chi connectivity index (χ4n) is 4.79. The molecule has 0 aromatic carbocycles. The van der Waals surface area contributed by atoms with E-state index in [9.17, 15) is 34.8 Å². The second kappa shape index (κ2) is 24.0. The first-order valence-corrected chi connectivity index (χ1v) is 20.7. The zero-order valence-electron chi connectivity index (χ0n) is 30.2. The van der Waals surface area contributed by atoms with Crippen LogP contribution in [0.25, 0.3) is 0 Å². The third-order valence-electron chi connectivity index (χ3n) is 9.00. The van der Waals surface area contributed by atoms with E-state index in [1.807, 2.05) is 20.8 Å². The van der Waals surface area contributed by atoms with Gasteiger partial charge in [-0.2, -0.15) is 0 Å². The summed E-state index contributed by atoms with van der Waals surface area (Å²) >= 11 is 2.47. The second-order valence-electron chi connectivity index (χ2n) is 12.4. The van der Waals surface area contributed by atoms with Crippen molar-refractivity contribution in [3.8, 4) is 0 Å². The predicted octanol–water partition coefficient (Wildman–Crippen LogP) is 3.62. The molecule has 0 aromatic rings. The number of hydrogen-bond donors (Lipinski definition) is 4. The molecule has 0 fully saturated rings. The van der Waals surface area contributed by atoms with Crippen LogP contribution in [0.5, 0.6) is 0 Å². The first-order chi connectivity index (χ1) is 22.6. The normalized spacial score (nSPS) is 16.2. The van der Waals surface area contributed by atoms with Crippen LogP contribution in [0, 0.1) is 16.2 Å². The monoisotopic (exact) mass is 756 g/mol. The Morgan fingerprint density at radius 3 is 1.27 bits per heavy atom. The summed E-state index contributed by atoms with van der Waals surface area (Å²) in [6, 6.07) is 1.21. The minimum atomic E-state index is -1.59. The molecule has 0 spiro atoms. The van der Waals surface area contributed by atoms with Gasteiger partial charge in [-0.05, 0) is 58.0 Å². The van der Waals surface area contributed by atoms with Crippen LogP contribution < -0.4 is 0 Å². The van der Waals surface area contributed by atoms with E-state index in [2.05, 4.69) is 0 Å². The first kappa shape index (κ1) is 47.6. The molecule has 2 atom stereocenters. The summed E-state index contributed by atoms with van der Waals surface area (Å²) in [6.07, 6.45) is 2.45. The molecule has 0 aliphatic rings. The average molecular weight is 757 g/mol. The molecular weight excluding hydrogens is 697 g/mol. The molecule has 48 heavy (non-hydrogen) atoms. The van der Waals surface area contributed by atoms with E-state index in [0.29, 0.717) is 49.3 Å². The van der Waals surface area contributed by atoms with E-state index in [1.165, 1.54) is 44.3 Å². The molecule has 0 amide bonds. The summed E-state index contributed by atoms with van der Waals surface area (Å²) in [7, 11) is -0.222. The molecule has 0 rings (SSSR count). The molecule has 0 heterocycles. The van der Waals surface area contributed by atoms with Crippen LogP contribution in [0.1, 0.15) is 87.5 Å². The van der Waals surface area contributed by atoms with Gasteiger partial charge >= 0.3 is 5.97 Å². The fourth-order valence-corrected chi connectivity index (χ4v) is 8.36. The Balaban J connectivity index is 7.08. The minimum Gasteiger partial charge on any atom is -0.465 e. The highest BCUT2D eigenvalue weighted by Crippen LogP contribution is 2.51. The maximum Gasteiger partial charge on any atom is 0.302 e. The molecule has 4 N–H and O–H groups in total. The molecule has 0 aromatic heterocycles. The third-order valence-corrected chi connectivity index (χ3v) is 13.0. The van der Waals surface area contributed by atoms with E-state index in [-0.39, 0.29) is 82.4 Å². The average Bonchev–Trinajstić information content (AvgIpc) is 3.06. The lowest BCUT2D eigenvalue weighted by Crippen LogP contribution is -2.67. The molecule has 0 aliphatic heterocycles. The van der Waals surface area contributed by atoms with Crippen molar-refractivity contribution in [3.63, 3.8) is 0 Å². The predicted molar refractivity (Wildman–Crippen MR) is 191 cm³/mol. The van der Waals surface area contributed by atoms with Gasteiger partial charge in [0.05, 0.1) is 39.6 Å². The van der Waals surface area contributed by atoms with Gasteiger partial charge in [-0.15, -0.1) is 0 Å². The van der Waals surface area contributed by atoms with Crippen molar-refractivity contribution in [2.45, 2.75) is 111 Å². The van der Waals surface area contributed by atoms with Gasteiger partial charge in [0.2, 0.25) is 19.5 Å². The molecule has 0 saturated heterocycles. The summed E-state index contributed by atoms with van der Waals surface area (Å²) in [4.78, 5) is 35.2. The van der Waals surface area contributed by atoms with Crippen LogP contribution >= 0.6 is 23.5 Å². The Hall–Kier alpha value is -0.376. The standard InChI is InChI=1S/C32H60O12S2Si2/c1-9-30(18-33,19-34)22-41-28(7,43-47-16-12-14-45-26(5)38)32(11-3,24-40-25(4)37)29(8,42-23-31(10-2,20-35)21-36)44-48-17-13-15-46-27(6)39/h33-36H,9-24H2,1-8H3. The SMILES string of the molecule is CCC(CO)(CO)COC(C)(O[Si]CCCSC(C)=O)C(CC)(COC(C)=O)C(C)(OCC(CC)(CO)CO)O[Si]CCCSC(C)=O. The summed E-state index contributed by atoms with van der Waals surface area (Å²) < 4.78 is 32.3. The van der Waals surface area contributed by atoms with Crippen LogP contribution in [-0.2, 0) is 37.4 Å². The van der Waals surface area contributed by atoms with Gasteiger partial charge in [0.1, 0.15) is 12.0 Å². The van der Waals surface area contributed by atoms with Crippen molar-refractivity contribution in [1.82, 2.24) is 0 Å². The van der Waals surface area contributed by atoms with Crippen LogP contribution in [0.15, 0.2) is 0 Å². The number of rotatable bonds is 29. The zero-order chi connectivity index (χ0) is 36.9. The van der Waals surface area contributed by atoms with E-state index >= 15 is 0 Å². The molecule has 0 bridgehead atoms. The first-order valence-electron chi connectivity index (χ1n) is 16.5. The molecule has 2 unspecified atom stereocenters. The van der Waals surface area contributed by atoms with Gasteiger partial charge in [0.25, 0.3) is 0 Å². The third kappa shape index (κ3) is 14.7. The Morgan fingerprint density at radius 2 is 1.00 bits per heavy atom. The number of carbonyl (C=O) groups excluding carboxylic acids is 3. The van der Waals surface area contributed by atoms with E-state index in [1.54, 1.807) is 13.8 Å². The Morgan fingerprint density at radius 1 is 0.625 bits per heavy atom. The van der Waals surface area contributed by atoms with Gasteiger partial charge in [0, 0.05) is 43.1 Å². The Kier molecular flexibility index (Phi) is 23.8. The minimum absolute atomic E-state index is 0.0300. The van der Waals surface area contributed by atoms with Crippen LogP contribution in [0.3, 0.4) is 0 Å². The zero-order valence-corrected chi connectivity index (χ0v) is 33.8. The lowest BCUT2D eigenvalue weighted by atomic mass is 9.70. The van der Waals surface area contributed by atoms with E-state index < -0.39 is 33.8 Å². The summed E-state index contributed by atoms with van der Waals surface area (Å²) in [5.74, 6) is -2.49. The summed E-state index contributed by atoms with van der Waals surface area (Å²) in [6.45, 7) is 11.5. The van der Waals surface area contributed by atoms with Crippen LogP contribution in [-0.4, -0.2) is 125 Å². The van der Waals surface area contributed by atoms with Gasteiger partial charge in [-0.3, -0.25) is 14.4 Å². The molecular formula is C32H60O12S2Si2. The Bertz CT molecular complexity index is 862. The summed E-state index contributed by atoms with van der Waals surface area (Å²) in [5, 5.41) is 41.1. The number of ether oxygens (including phenoxy) is 3. The van der Waals surface area contributed by atoms with E-state index in [4.69, 9.17) is 23.1 Å². The lowest BCUT2D eigenvalue weighted by Gasteiger charge is -2.56. The van der Waals surface area contributed by atoms with Crippen LogP contribution in [0.4, 0.5) is 0 Å². The topological polar surface area (TPSA) is 178 Å². The smallest absolute Gasteiger partial charge is 0.302 e. The highest BCUT2D eigenvalue weighted by molar-refractivity contribution is 8.13. The molecule has 0 aliphatic carbocycles. The number of hydrogen-bond acceptors (Lipinski definition) is 14. The largest absolute Gasteiger partial charge is 0.465 e. The highest BCUT2D eigenvalue weighted by Gasteiger charge is 2.63. The van der Waals surface area contributed by atoms with E-state index in [0.717, 1.165) is 0 Å². The maximum atomic E-state index is 12.4. The number of aliphatic hydroxyl groups excluding tert-OH is 4. The Labute approximate surface area is 301 Å². The molecule has 16 heteroatoms. The van der Waals surface area contributed by atoms with Gasteiger partial charge in [-0.25, -0.2) is 0 Å². The number of carbonyl (C=O) groups is 3. The lowest BCUT2D eigenvalue weighted by molar-refractivity contribution is -0.367. The number of esters is 1. The van der Waals surface area contributed by atoms with Crippen molar-refractivity contribution < 1.29 is 57.9 Å². The van der Waals surface area contributed by atoms with Crippen molar-refractivity contribution in [1.29, 1.82) is 0 Å². The quantitative estimate of drug-likeness (QED) is 0.0377. The van der Waals surface area contributed by atoms with Gasteiger partial charge < -0.3 is 43.5 Å². The number of aliphatic hydroxyl groups is 4. The molecule has 4 radical (unpaired) electrons. The molecule has 0 saturated carbocycles. The van der Waals surface area contributed by atoms with Crippen molar-refractivity contribution in [2.24, 2.45) is 16.2 Å². The maximum absolute atomic E-state index is 12.4. The fraction of sp³-hybridized carbons (Fsp3) is 0.906. The molecule has 280 valence electrons. The second-order valence-corrected chi connectivity index (χ2v) is 16.9. The van der Waals surface area contributed by atoms with Crippen LogP contribution in [0.2, 0.25) is 12.1 Å². The van der Waals surface area contributed by atoms with Gasteiger partial charge in [-0.1, -0.05) is 44.3 Å². The van der Waals surface area contributed by atoms with Gasteiger partial charge in [0.15, 0.2) is 21.8 Å². The highest BCUT2D eigenvalue weighted by atomic mass is 32.2. The van der Waals surface area contributed by atoms with Crippen molar-refractivity contribution in [2.75, 3.05) is 57.8 Å². The van der Waals surface area contributed by atoms with Crippen molar-refractivity contribution in [3.05, 3.63) is 0 Å². The molecule has 12 nitrogen and oxygen atoms in total. The van der Waals surface area contributed by atoms with Crippen molar-refractivity contribution >= 4 is 59.2 Å².